The summed E-state index contributed by atoms with van der Waals surface area (Å²) in [4.78, 5) is 0. The topological polar surface area (TPSA) is 36.9 Å². The lowest BCUT2D eigenvalue weighted by Gasteiger charge is -2.28. The molecule has 0 bridgehead atoms. The number of hydrogen-bond acceptors (Lipinski definition) is 4. The lowest BCUT2D eigenvalue weighted by molar-refractivity contribution is -0.203. The lowest BCUT2D eigenvalue weighted by atomic mass is 10.1. The van der Waals surface area contributed by atoms with Crippen LogP contribution in [0.2, 0.25) is 0 Å². The van der Waals surface area contributed by atoms with Crippen LogP contribution in [0.15, 0.2) is 42.7 Å². The van der Waals surface area contributed by atoms with Crippen molar-refractivity contribution in [1.82, 2.24) is 0 Å². The zero-order valence-electron chi connectivity index (χ0n) is 16.8. The van der Waals surface area contributed by atoms with Gasteiger partial charge in [-0.25, -0.2) is 13.2 Å². The Labute approximate surface area is 182 Å². The standard InChI is InChI=1S/C21H16F8O4/c1-11-9-31-19(32-10-11)12-6-15(23)18(16(24)7-12)21(28,29)33-13-2-3-17(14(22)8-13)30-5-4-20(25,26)27/h2-8,11,19H,9-10H2,1H3/b5-4-. The van der Waals surface area contributed by atoms with E-state index in [0.717, 1.165) is 6.07 Å². The van der Waals surface area contributed by atoms with E-state index in [1.807, 2.05) is 6.92 Å². The van der Waals surface area contributed by atoms with Crippen LogP contribution < -0.4 is 9.47 Å². The Morgan fingerprint density at radius 1 is 0.909 bits per heavy atom. The van der Waals surface area contributed by atoms with E-state index >= 15 is 0 Å². The molecule has 0 saturated carbocycles. The molecule has 1 fully saturated rings. The van der Waals surface area contributed by atoms with Gasteiger partial charge in [0.2, 0.25) is 0 Å². The van der Waals surface area contributed by atoms with E-state index in [4.69, 9.17) is 9.47 Å². The third kappa shape index (κ3) is 6.35. The van der Waals surface area contributed by atoms with E-state index < -0.39 is 53.1 Å². The molecule has 33 heavy (non-hydrogen) atoms. The first kappa shape index (κ1) is 24.8. The predicted octanol–water partition coefficient (Wildman–Crippen LogP) is 6.37. The van der Waals surface area contributed by atoms with Crippen molar-refractivity contribution in [3.05, 3.63) is 71.2 Å². The maximum absolute atomic E-state index is 14.5. The third-order valence-corrected chi connectivity index (χ3v) is 4.29. The molecule has 180 valence electrons. The molecule has 0 amide bonds. The molecule has 2 aromatic rings. The number of rotatable bonds is 6. The maximum Gasteiger partial charge on any atom is 0.432 e. The van der Waals surface area contributed by atoms with Crippen LogP contribution in [-0.4, -0.2) is 19.4 Å². The Morgan fingerprint density at radius 2 is 1.52 bits per heavy atom. The molecule has 1 aliphatic rings. The summed E-state index contributed by atoms with van der Waals surface area (Å²) in [6, 6.07) is 3.01. The lowest BCUT2D eigenvalue weighted by Crippen LogP contribution is -2.27. The molecular formula is C21H16F8O4. The van der Waals surface area contributed by atoms with Gasteiger partial charge in [-0.15, -0.1) is 0 Å². The van der Waals surface area contributed by atoms with Crippen LogP contribution in [0.5, 0.6) is 11.5 Å². The van der Waals surface area contributed by atoms with E-state index in [2.05, 4.69) is 9.47 Å². The molecule has 12 heteroatoms. The monoisotopic (exact) mass is 484 g/mol. The highest BCUT2D eigenvalue weighted by Gasteiger charge is 2.42. The van der Waals surface area contributed by atoms with Crippen molar-refractivity contribution < 1.29 is 54.1 Å². The van der Waals surface area contributed by atoms with Crippen LogP contribution in [0.1, 0.15) is 24.3 Å². The van der Waals surface area contributed by atoms with Crippen molar-refractivity contribution in [3.63, 3.8) is 0 Å². The summed E-state index contributed by atoms with van der Waals surface area (Å²) in [5.74, 6) is -6.20. The van der Waals surface area contributed by atoms with E-state index in [1.54, 1.807) is 0 Å². The van der Waals surface area contributed by atoms with Crippen molar-refractivity contribution in [3.8, 4) is 11.5 Å². The third-order valence-electron chi connectivity index (χ3n) is 4.29. The Kier molecular flexibility index (Phi) is 7.17. The van der Waals surface area contributed by atoms with Crippen molar-refractivity contribution in [1.29, 1.82) is 0 Å². The molecule has 4 nitrogen and oxygen atoms in total. The van der Waals surface area contributed by atoms with Crippen molar-refractivity contribution in [2.75, 3.05) is 13.2 Å². The highest BCUT2D eigenvalue weighted by molar-refractivity contribution is 5.35. The molecule has 1 heterocycles. The van der Waals surface area contributed by atoms with Gasteiger partial charge in [0.1, 0.15) is 22.9 Å². The number of ether oxygens (including phenoxy) is 4. The van der Waals surface area contributed by atoms with Crippen LogP contribution in [0.25, 0.3) is 0 Å². The Balaban J connectivity index is 1.77. The highest BCUT2D eigenvalue weighted by atomic mass is 19.4. The highest BCUT2D eigenvalue weighted by Crippen LogP contribution is 2.38. The minimum Gasteiger partial charge on any atom is -0.462 e. The molecule has 0 aliphatic carbocycles. The minimum absolute atomic E-state index is 0.0470. The first-order valence-corrected chi connectivity index (χ1v) is 9.36. The molecule has 2 aromatic carbocycles. The molecule has 1 saturated heterocycles. The van der Waals surface area contributed by atoms with Gasteiger partial charge < -0.3 is 18.9 Å². The predicted molar refractivity (Wildman–Crippen MR) is 96.9 cm³/mol. The van der Waals surface area contributed by atoms with E-state index in [-0.39, 0.29) is 37.0 Å². The summed E-state index contributed by atoms with van der Waals surface area (Å²) in [6.45, 7) is 2.30. The van der Waals surface area contributed by atoms with Crippen molar-refractivity contribution in [2.45, 2.75) is 25.5 Å². The molecule has 1 aliphatic heterocycles. The molecule has 3 rings (SSSR count). The summed E-state index contributed by atoms with van der Waals surface area (Å²) in [7, 11) is 0. The van der Waals surface area contributed by atoms with Crippen LogP contribution in [0, 0.1) is 23.4 Å². The first-order valence-electron chi connectivity index (χ1n) is 9.36. The fraction of sp³-hybridized carbons (Fsp3) is 0.333. The maximum atomic E-state index is 14.5. The van der Waals surface area contributed by atoms with Crippen molar-refractivity contribution >= 4 is 0 Å². The second kappa shape index (κ2) is 9.56. The number of alkyl halides is 5. The van der Waals surface area contributed by atoms with Crippen LogP contribution >= 0.6 is 0 Å². The summed E-state index contributed by atoms with van der Waals surface area (Å²) in [5.41, 5.74) is -1.89. The largest absolute Gasteiger partial charge is 0.462 e. The molecule has 0 radical (unpaired) electrons. The zero-order chi connectivity index (χ0) is 24.4. The smallest absolute Gasteiger partial charge is 0.432 e. The first-order chi connectivity index (χ1) is 15.4. The van der Waals surface area contributed by atoms with Crippen LogP contribution in [0.4, 0.5) is 35.1 Å². The minimum atomic E-state index is -4.71. The molecule has 0 spiro atoms. The molecule has 0 aromatic heterocycles. The summed E-state index contributed by atoms with van der Waals surface area (Å²) < 4.78 is 127. The van der Waals surface area contributed by atoms with Gasteiger partial charge in [0.05, 0.1) is 25.6 Å². The number of allylic oxidation sites excluding steroid dienone is 1. The summed E-state index contributed by atoms with van der Waals surface area (Å²) in [6.07, 6.45) is -10.6. The van der Waals surface area contributed by atoms with Gasteiger partial charge in [0.15, 0.2) is 17.9 Å². The zero-order valence-corrected chi connectivity index (χ0v) is 16.8. The fourth-order valence-corrected chi connectivity index (χ4v) is 2.82. The summed E-state index contributed by atoms with van der Waals surface area (Å²) >= 11 is 0. The average molecular weight is 484 g/mol. The number of hydrogen-bond donors (Lipinski definition) is 0. The second-order valence-electron chi connectivity index (χ2n) is 7.14. The van der Waals surface area contributed by atoms with E-state index in [1.165, 1.54) is 0 Å². The van der Waals surface area contributed by atoms with E-state index in [0.29, 0.717) is 24.3 Å². The molecule has 0 N–H and O–H groups in total. The van der Waals surface area contributed by atoms with Gasteiger partial charge >= 0.3 is 12.3 Å². The Bertz CT molecular complexity index is 991. The van der Waals surface area contributed by atoms with Gasteiger partial charge in [-0.1, -0.05) is 6.92 Å². The summed E-state index contributed by atoms with van der Waals surface area (Å²) in [5, 5.41) is 0. The van der Waals surface area contributed by atoms with E-state index in [9.17, 15) is 35.1 Å². The van der Waals surface area contributed by atoms with Gasteiger partial charge in [0.25, 0.3) is 0 Å². The van der Waals surface area contributed by atoms with Gasteiger partial charge in [-0.2, -0.15) is 22.0 Å². The van der Waals surface area contributed by atoms with Crippen LogP contribution in [0.3, 0.4) is 0 Å². The van der Waals surface area contributed by atoms with Gasteiger partial charge in [0, 0.05) is 17.5 Å². The molecule has 0 atom stereocenters. The van der Waals surface area contributed by atoms with Gasteiger partial charge in [-0.3, -0.25) is 0 Å². The Morgan fingerprint density at radius 3 is 2.06 bits per heavy atom. The number of benzene rings is 2. The molecular weight excluding hydrogens is 468 g/mol. The number of halogens is 8. The fourth-order valence-electron chi connectivity index (χ4n) is 2.82. The normalized spacial score (nSPS) is 19.7. The van der Waals surface area contributed by atoms with Gasteiger partial charge in [-0.05, 0) is 24.3 Å². The Hall–Kier alpha value is -2.86. The quantitative estimate of drug-likeness (QED) is 0.353. The van der Waals surface area contributed by atoms with Crippen molar-refractivity contribution in [2.24, 2.45) is 5.92 Å². The van der Waals surface area contributed by atoms with Crippen LogP contribution in [-0.2, 0) is 15.6 Å². The average Bonchev–Trinajstić information content (AvgIpc) is 2.68. The second-order valence-corrected chi connectivity index (χ2v) is 7.14. The SMILES string of the molecule is CC1COC(c2cc(F)c(C(F)(F)Oc3ccc(O/C=C\C(F)(F)F)c(F)c3)c(F)c2)OC1. The molecule has 0 unspecified atom stereocenters.